The Bertz CT molecular complexity index is 619. The molecule has 0 unspecified atom stereocenters. The lowest BCUT2D eigenvalue weighted by Gasteiger charge is -2.27. The van der Waals surface area contributed by atoms with Crippen molar-refractivity contribution in [3.63, 3.8) is 0 Å². The summed E-state index contributed by atoms with van der Waals surface area (Å²) in [6.07, 6.45) is 2.90. The zero-order valence-electron chi connectivity index (χ0n) is 11.6. The topological polar surface area (TPSA) is 94.8 Å². The normalized spacial score (nSPS) is 17.1. The van der Waals surface area contributed by atoms with Crippen molar-refractivity contribution >= 4 is 23.4 Å². The molecule has 0 spiro atoms. The van der Waals surface area contributed by atoms with Gasteiger partial charge in [-0.2, -0.15) is 0 Å². The van der Waals surface area contributed by atoms with Crippen molar-refractivity contribution in [3.8, 4) is 0 Å². The first-order valence-corrected chi connectivity index (χ1v) is 7.61. The summed E-state index contributed by atoms with van der Waals surface area (Å²) in [4.78, 5) is 25.3. The van der Waals surface area contributed by atoms with Crippen LogP contribution in [0.1, 0.15) is 10.4 Å². The number of carbonyl (C=O) groups is 2. The van der Waals surface area contributed by atoms with E-state index < -0.39 is 17.7 Å². The average Bonchev–Trinajstić information content (AvgIpc) is 3.24. The number of thiophene rings is 1. The minimum absolute atomic E-state index is 0.0599. The molecule has 0 aliphatic carbocycles. The average molecular weight is 321 g/mol. The lowest BCUT2D eigenvalue weighted by atomic mass is 9.94. The van der Waals surface area contributed by atoms with Crippen molar-refractivity contribution in [3.05, 3.63) is 46.5 Å². The summed E-state index contributed by atoms with van der Waals surface area (Å²) in [6.45, 7) is 0.687. The van der Waals surface area contributed by atoms with Gasteiger partial charge < -0.3 is 20.2 Å². The molecule has 4 amide bonds. The van der Waals surface area contributed by atoms with Gasteiger partial charge >= 0.3 is 12.1 Å². The first kappa shape index (κ1) is 14.6. The molecule has 1 aliphatic heterocycles. The second kappa shape index (κ2) is 5.82. The molecule has 0 aromatic carbocycles. The summed E-state index contributed by atoms with van der Waals surface area (Å²) in [5.41, 5.74) is -0.853. The summed E-state index contributed by atoms with van der Waals surface area (Å²) in [5, 5.41) is 18.0. The Balaban J connectivity index is 1.77. The number of urea groups is 2. The minimum Gasteiger partial charge on any atom is -0.472 e. The number of hydrogen-bond donors (Lipinski definition) is 3. The van der Waals surface area contributed by atoms with Crippen molar-refractivity contribution in [2.24, 2.45) is 0 Å². The molecular weight excluding hydrogens is 306 g/mol. The standard InChI is InChI=1S/C14H15N3O4S/c18-12-15-4-5-17(12)13(19)16-9-14(20,10-3-6-21-8-10)11-2-1-7-22-11/h1-3,6-8,20H,4-5,9H2,(H,15,18)(H,16,19)/t14-/m1/s1. The van der Waals surface area contributed by atoms with Crippen LogP contribution in [0.15, 0.2) is 40.5 Å². The van der Waals surface area contributed by atoms with Crippen LogP contribution in [0.25, 0.3) is 0 Å². The van der Waals surface area contributed by atoms with Gasteiger partial charge in [0.2, 0.25) is 0 Å². The van der Waals surface area contributed by atoms with Crippen molar-refractivity contribution in [2.75, 3.05) is 19.6 Å². The number of imide groups is 1. The molecule has 3 N–H and O–H groups in total. The van der Waals surface area contributed by atoms with Crippen LogP contribution in [0, 0.1) is 0 Å². The van der Waals surface area contributed by atoms with E-state index in [9.17, 15) is 14.7 Å². The van der Waals surface area contributed by atoms with Crippen LogP contribution in [-0.2, 0) is 5.60 Å². The molecule has 1 fully saturated rings. The highest BCUT2D eigenvalue weighted by Crippen LogP contribution is 2.32. The van der Waals surface area contributed by atoms with Gasteiger partial charge in [0.05, 0.1) is 19.1 Å². The fourth-order valence-corrected chi connectivity index (χ4v) is 3.16. The Morgan fingerprint density at radius 1 is 1.55 bits per heavy atom. The quantitative estimate of drug-likeness (QED) is 0.791. The number of rotatable bonds is 4. The third-order valence-electron chi connectivity index (χ3n) is 3.52. The van der Waals surface area contributed by atoms with E-state index in [0.29, 0.717) is 23.5 Å². The van der Waals surface area contributed by atoms with Gasteiger partial charge in [0.1, 0.15) is 5.60 Å². The van der Waals surface area contributed by atoms with Crippen molar-refractivity contribution < 1.29 is 19.1 Å². The van der Waals surface area contributed by atoms with Crippen LogP contribution < -0.4 is 10.6 Å². The fourth-order valence-electron chi connectivity index (χ4n) is 2.31. The van der Waals surface area contributed by atoms with Crippen molar-refractivity contribution in [1.29, 1.82) is 0 Å². The Labute approximate surface area is 130 Å². The van der Waals surface area contributed by atoms with Crippen molar-refractivity contribution in [1.82, 2.24) is 15.5 Å². The van der Waals surface area contributed by atoms with Gasteiger partial charge in [-0.05, 0) is 17.5 Å². The molecule has 0 bridgehead atoms. The van der Waals surface area contributed by atoms with Crippen molar-refractivity contribution in [2.45, 2.75) is 5.60 Å². The summed E-state index contributed by atoms with van der Waals surface area (Å²) < 4.78 is 5.04. The van der Waals surface area contributed by atoms with E-state index in [1.54, 1.807) is 12.1 Å². The van der Waals surface area contributed by atoms with E-state index in [1.807, 2.05) is 11.4 Å². The van der Waals surface area contributed by atoms with E-state index in [-0.39, 0.29) is 6.54 Å². The second-order valence-electron chi connectivity index (χ2n) is 4.89. The molecule has 0 radical (unpaired) electrons. The minimum atomic E-state index is -1.40. The van der Waals surface area contributed by atoms with Crippen LogP contribution in [0.4, 0.5) is 9.59 Å². The van der Waals surface area contributed by atoms with Gasteiger partial charge in [0, 0.05) is 23.5 Å². The second-order valence-corrected chi connectivity index (χ2v) is 5.84. The number of aliphatic hydroxyl groups is 1. The van der Waals surface area contributed by atoms with Gasteiger partial charge in [-0.1, -0.05) is 6.07 Å². The molecule has 0 saturated carbocycles. The SMILES string of the molecule is O=C1NCCN1C(=O)NC[C@@](O)(c1ccoc1)c1cccs1. The molecule has 1 aliphatic rings. The highest BCUT2D eigenvalue weighted by molar-refractivity contribution is 7.10. The highest BCUT2D eigenvalue weighted by Gasteiger charge is 2.35. The molecule has 22 heavy (non-hydrogen) atoms. The molecular formula is C14H15N3O4S. The van der Waals surface area contributed by atoms with Crippen LogP contribution in [0.2, 0.25) is 0 Å². The van der Waals surface area contributed by atoms with E-state index in [2.05, 4.69) is 10.6 Å². The Morgan fingerprint density at radius 2 is 2.41 bits per heavy atom. The molecule has 1 atom stereocenters. The van der Waals surface area contributed by atoms with E-state index >= 15 is 0 Å². The molecule has 8 heteroatoms. The van der Waals surface area contributed by atoms with Crippen LogP contribution in [-0.4, -0.2) is 41.7 Å². The number of carbonyl (C=O) groups excluding carboxylic acids is 2. The zero-order chi connectivity index (χ0) is 15.6. The molecule has 2 aromatic heterocycles. The molecule has 7 nitrogen and oxygen atoms in total. The maximum absolute atomic E-state index is 12.1. The van der Waals surface area contributed by atoms with E-state index in [0.717, 1.165) is 4.90 Å². The monoisotopic (exact) mass is 321 g/mol. The number of amides is 4. The highest BCUT2D eigenvalue weighted by atomic mass is 32.1. The van der Waals surface area contributed by atoms with Crippen LogP contribution in [0.5, 0.6) is 0 Å². The zero-order valence-corrected chi connectivity index (χ0v) is 12.4. The Kier molecular flexibility index (Phi) is 3.86. The number of nitrogens with zero attached hydrogens (tertiary/aromatic N) is 1. The summed E-state index contributed by atoms with van der Waals surface area (Å²) in [7, 11) is 0. The lowest BCUT2D eigenvalue weighted by Crippen LogP contribution is -2.47. The largest absolute Gasteiger partial charge is 0.472 e. The lowest BCUT2D eigenvalue weighted by molar-refractivity contribution is 0.0837. The fraction of sp³-hybridized carbons (Fsp3) is 0.286. The van der Waals surface area contributed by atoms with E-state index in [4.69, 9.17) is 4.42 Å². The predicted molar refractivity (Wildman–Crippen MR) is 79.5 cm³/mol. The first-order chi connectivity index (χ1) is 10.6. The maximum Gasteiger partial charge on any atom is 0.325 e. The number of furan rings is 1. The Hall–Kier alpha value is -2.32. The third kappa shape index (κ3) is 2.58. The molecule has 2 aromatic rings. The molecule has 3 rings (SSSR count). The molecule has 1 saturated heterocycles. The molecule has 116 valence electrons. The van der Waals surface area contributed by atoms with Crippen LogP contribution in [0.3, 0.4) is 0 Å². The smallest absolute Gasteiger partial charge is 0.325 e. The van der Waals surface area contributed by atoms with Gasteiger partial charge in [0.15, 0.2) is 0 Å². The summed E-state index contributed by atoms with van der Waals surface area (Å²) in [5.74, 6) is 0. The Morgan fingerprint density at radius 3 is 3.00 bits per heavy atom. The molecule has 3 heterocycles. The number of nitrogens with one attached hydrogen (secondary N) is 2. The summed E-state index contributed by atoms with van der Waals surface area (Å²) >= 11 is 1.38. The van der Waals surface area contributed by atoms with Gasteiger partial charge in [-0.3, -0.25) is 0 Å². The number of hydrogen-bond acceptors (Lipinski definition) is 5. The maximum atomic E-state index is 12.1. The predicted octanol–water partition coefficient (Wildman–Crippen LogP) is 1.31. The van der Waals surface area contributed by atoms with Gasteiger partial charge in [0.25, 0.3) is 0 Å². The van der Waals surface area contributed by atoms with Gasteiger partial charge in [-0.15, -0.1) is 11.3 Å². The first-order valence-electron chi connectivity index (χ1n) is 6.73. The van der Waals surface area contributed by atoms with Gasteiger partial charge in [-0.25, -0.2) is 14.5 Å². The van der Waals surface area contributed by atoms with Crippen LogP contribution >= 0.6 is 11.3 Å². The third-order valence-corrected chi connectivity index (χ3v) is 4.55. The van der Waals surface area contributed by atoms with E-state index in [1.165, 1.54) is 23.9 Å². The summed E-state index contributed by atoms with van der Waals surface area (Å²) in [6, 6.07) is 4.29.